The highest BCUT2D eigenvalue weighted by Crippen LogP contribution is 2.34. The molecule has 1 unspecified atom stereocenters. The van der Waals surface area contributed by atoms with Crippen LogP contribution in [0.25, 0.3) is 33.8 Å². The first-order valence-corrected chi connectivity index (χ1v) is 11.0. The van der Waals surface area contributed by atoms with Crippen molar-refractivity contribution < 1.29 is 0 Å². The van der Waals surface area contributed by atoms with Crippen molar-refractivity contribution in [1.82, 2.24) is 29.7 Å². The minimum atomic E-state index is 0.0349. The van der Waals surface area contributed by atoms with Crippen LogP contribution in [-0.4, -0.2) is 50.6 Å². The van der Waals surface area contributed by atoms with Crippen molar-refractivity contribution in [2.45, 2.75) is 12.6 Å². The summed E-state index contributed by atoms with van der Waals surface area (Å²) in [5, 5.41) is 3.44. The maximum absolute atomic E-state index is 6.29. The van der Waals surface area contributed by atoms with Crippen LogP contribution in [0.3, 0.4) is 0 Å². The topological polar surface area (TPSA) is 84.9 Å². The molecule has 0 bridgehead atoms. The predicted molar refractivity (Wildman–Crippen MR) is 129 cm³/mol. The number of anilines is 1. The third-order valence-corrected chi connectivity index (χ3v) is 5.93. The summed E-state index contributed by atoms with van der Waals surface area (Å²) in [5.74, 6) is 1.25. The van der Waals surface area contributed by atoms with Gasteiger partial charge in [-0.15, -0.1) is 6.58 Å². The van der Waals surface area contributed by atoms with E-state index in [9.17, 15) is 0 Å². The van der Waals surface area contributed by atoms with Gasteiger partial charge >= 0.3 is 0 Å². The third kappa shape index (κ3) is 3.77. The lowest BCUT2D eigenvalue weighted by Gasteiger charge is -2.36. The standard InChI is InChI=1S/C25H27N7/c1-2-7-22(31-16-14-27-15-17-31)32-24(19-10-6-13-28-23(19)26)30-21-12-11-20(29-25(21)32)18-8-4-3-5-9-18/h2-6,8-13,22,27H,1,7,14-17H2,(H2,26,28). The normalized spacial score (nSPS) is 15.6. The summed E-state index contributed by atoms with van der Waals surface area (Å²) in [6.07, 6.45) is 4.48. The highest BCUT2D eigenvalue weighted by molar-refractivity contribution is 5.82. The fraction of sp³-hybridized carbons (Fsp3) is 0.240. The Morgan fingerprint density at radius 2 is 1.84 bits per heavy atom. The number of fused-ring (bicyclic) bond motifs is 1. The summed E-state index contributed by atoms with van der Waals surface area (Å²) < 4.78 is 2.22. The first kappa shape index (κ1) is 20.4. The molecule has 1 atom stereocenters. The number of piperazine rings is 1. The van der Waals surface area contributed by atoms with Crippen LogP contribution in [0.15, 0.2) is 73.4 Å². The van der Waals surface area contributed by atoms with Gasteiger partial charge in [0.25, 0.3) is 0 Å². The van der Waals surface area contributed by atoms with Crippen molar-refractivity contribution in [3.8, 4) is 22.6 Å². The van der Waals surface area contributed by atoms with E-state index in [-0.39, 0.29) is 6.17 Å². The Labute approximate surface area is 187 Å². The van der Waals surface area contributed by atoms with Gasteiger partial charge in [-0.2, -0.15) is 0 Å². The fourth-order valence-electron chi connectivity index (χ4n) is 4.37. The molecule has 4 aromatic rings. The van der Waals surface area contributed by atoms with Crippen LogP contribution in [-0.2, 0) is 0 Å². The van der Waals surface area contributed by atoms with Crippen molar-refractivity contribution in [3.63, 3.8) is 0 Å². The lowest BCUT2D eigenvalue weighted by molar-refractivity contribution is 0.127. The van der Waals surface area contributed by atoms with Gasteiger partial charge in [-0.1, -0.05) is 36.4 Å². The van der Waals surface area contributed by atoms with Gasteiger partial charge in [0.1, 0.15) is 17.2 Å². The monoisotopic (exact) mass is 425 g/mol. The highest BCUT2D eigenvalue weighted by Gasteiger charge is 2.27. The number of hydrogen-bond acceptors (Lipinski definition) is 6. The van der Waals surface area contributed by atoms with Gasteiger partial charge in [0, 0.05) is 37.9 Å². The fourth-order valence-corrected chi connectivity index (χ4v) is 4.37. The van der Waals surface area contributed by atoms with Crippen LogP contribution in [0.5, 0.6) is 0 Å². The number of benzene rings is 1. The zero-order chi connectivity index (χ0) is 21.9. The number of rotatable bonds is 6. The Morgan fingerprint density at radius 3 is 2.59 bits per heavy atom. The number of nitrogen functional groups attached to an aromatic ring is 1. The SMILES string of the molecule is C=CCC(N1CCNCC1)n1c(-c2cccnc2N)nc2ccc(-c3ccccc3)nc21. The molecule has 0 radical (unpaired) electrons. The molecule has 1 aromatic carbocycles. The molecular weight excluding hydrogens is 398 g/mol. The summed E-state index contributed by atoms with van der Waals surface area (Å²) in [5.41, 5.74) is 10.8. The molecule has 0 spiro atoms. The molecule has 7 heteroatoms. The first-order chi connectivity index (χ1) is 15.8. The lowest BCUT2D eigenvalue weighted by atomic mass is 10.1. The molecule has 0 saturated carbocycles. The quantitative estimate of drug-likeness (QED) is 0.458. The van der Waals surface area contributed by atoms with Crippen molar-refractivity contribution in [2.75, 3.05) is 31.9 Å². The van der Waals surface area contributed by atoms with Crippen molar-refractivity contribution in [1.29, 1.82) is 0 Å². The van der Waals surface area contributed by atoms with E-state index in [2.05, 4.69) is 38.5 Å². The van der Waals surface area contributed by atoms with Crippen LogP contribution < -0.4 is 11.1 Å². The number of aromatic nitrogens is 4. The molecule has 1 fully saturated rings. The molecule has 3 N–H and O–H groups in total. The minimum Gasteiger partial charge on any atom is -0.383 e. The first-order valence-electron chi connectivity index (χ1n) is 11.0. The van der Waals surface area contributed by atoms with E-state index < -0.39 is 0 Å². The number of pyridine rings is 2. The number of hydrogen-bond donors (Lipinski definition) is 2. The molecule has 4 heterocycles. The van der Waals surface area contributed by atoms with Gasteiger partial charge in [-0.3, -0.25) is 9.47 Å². The molecule has 32 heavy (non-hydrogen) atoms. The molecule has 3 aromatic heterocycles. The predicted octanol–water partition coefficient (Wildman–Crippen LogP) is 3.72. The zero-order valence-corrected chi connectivity index (χ0v) is 18.0. The second kappa shape index (κ2) is 8.90. The zero-order valence-electron chi connectivity index (χ0n) is 18.0. The maximum Gasteiger partial charge on any atom is 0.162 e. The third-order valence-electron chi connectivity index (χ3n) is 5.93. The van der Waals surface area contributed by atoms with E-state index in [1.165, 1.54) is 0 Å². The Bertz CT molecular complexity index is 1230. The average molecular weight is 426 g/mol. The van der Waals surface area contributed by atoms with Gasteiger partial charge in [0.2, 0.25) is 0 Å². The van der Waals surface area contributed by atoms with E-state index in [4.69, 9.17) is 15.7 Å². The van der Waals surface area contributed by atoms with Crippen LogP contribution >= 0.6 is 0 Å². The summed E-state index contributed by atoms with van der Waals surface area (Å²) in [6, 6.07) is 18.2. The summed E-state index contributed by atoms with van der Waals surface area (Å²) in [4.78, 5) is 16.8. The Morgan fingerprint density at radius 1 is 1.03 bits per heavy atom. The number of nitrogens with zero attached hydrogens (tertiary/aromatic N) is 5. The van der Waals surface area contributed by atoms with Gasteiger partial charge < -0.3 is 11.1 Å². The van der Waals surface area contributed by atoms with E-state index in [0.717, 1.165) is 66.4 Å². The van der Waals surface area contributed by atoms with Crippen LogP contribution in [0.1, 0.15) is 12.6 Å². The van der Waals surface area contributed by atoms with Crippen LogP contribution in [0.2, 0.25) is 0 Å². The molecule has 7 nitrogen and oxygen atoms in total. The summed E-state index contributed by atoms with van der Waals surface area (Å²) in [6.45, 7) is 7.83. The molecule has 1 saturated heterocycles. The Balaban J connectivity index is 1.75. The highest BCUT2D eigenvalue weighted by atomic mass is 15.3. The molecule has 162 valence electrons. The molecule has 1 aliphatic heterocycles. The molecule has 5 rings (SSSR count). The van der Waals surface area contributed by atoms with Gasteiger partial charge in [-0.25, -0.2) is 15.0 Å². The number of imidazole rings is 1. The molecule has 1 aliphatic rings. The largest absolute Gasteiger partial charge is 0.383 e. The second-order valence-corrected chi connectivity index (χ2v) is 7.94. The maximum atomic E-state index is 6.29. The van der Waals surface area contributed by atoms with Crippen LogP contribution in [0, 0.1) is 0 Å². The summed E-state index contributed by atoms with van der Waals surface area (Å²) in [7, 11) is 0. The van der Waals surface area contributed by atoms with E-state index in [0.29, 0.717) is 5.82 Å². The minimum absolute atomic E-state index is 0.0349. The second-order valence-electron chi connectivity index (χ2n) is 7.94. The number of nitrogens with two attached hydrogens (primary N) is 1. The lowest BCUT2D eigenvalue weighted by Crippen LogP contribution is -2.46. The van der Waals surface area contributed by atoms with Gasteiger partial charge in [0.05, 0.1) is 17.4 Å². The molecular formula is C25H27N7. The molecule has 0 aliphatic carbocycles. The van der Waals surface area contributed by atoms with Gasteiger partial charge in [-0.05, 0) is 30.7 Å². The smallest absolute Gasteiger partial charge is 0.162 e. The Hall–Kier alpha value is -3.55. The Kier molecular flexibility index (Phi) is 5.66. The van der Waals surface area contributed by atoms with Gasteiger partial charge in [0.15, 0.2) is 5.65 Å². The van der Waals surface area contributed by atoms with Crippen molar-refractivity contribution >= 4 is 17.0 Å². The van der Waals surface area contributed by atoms with Crippen LogP contribution in [0.4, 0.5) is 5.82 Å². The van der Waals surface area contributed by atoms with Crippen molar-refractivity contribution in [2.24, 2.45) is 0 Å². The average Bonchev–Trinajstić information content (AvgIpc) is 3.22. The number of nitrogens with one attached hydrogen (secondary N) is 1. The summed E-state index contributed by atoms with van der Waals surface area (Å²) >= 11 is 0. The molecule has 0 amide bonds. The van der Waals surface area contributed by atoms with E-state index in [1.54, 1.807) is 6.20 Å². The van der Waals surface area contributed by atoms with E-state index >= 15 is 0 Å². The van der Waals surface area contributed by atoms with E-state index in [1.807, 2.05) is 48.5 Å². The van der Waals surface area contributed by atoms with Crippen molar-refractivity contribution in [3.05, 3.63) is 73.4 Å².